The minimum Gasteiger partial charge on any atom is -0.451 e. The van der Waals surface area contributed by atoms with E-state index in [9.17, 15) is 19.2 Å². The van der Waals surface area contributed by atoms with E-state index in [0.29, 0.717) is 24.0 Å². The Morgan fingerprint density at radius 1 is 1.13 bits per heavy atom. The molecule has 3 atom stereocenters. The van der Waals surface area contributed by atoms with Crippen LogP contribution in [0.4, 0.5) is 0 Å². The molecule has 0 aliphatic carbocycles. The molecule has 1 aromatic heterocycles. The van der Waals surface area contributed by atoms with Crippen LogP contribution in [0.2, 0.25) is 0 Å². The second-order valence-corrected chi connectivity index (χ2v) is 7.57. The highest BCUT2D eigenvalue weighted by atomic mass is 16.5. The van der Waals surface area contributed by atoms with Gasteiger partial charge in [0.15, 0.2) is 6.10 Å². The Bertz CT molecular complexity index is 1060. The number of esters is 1. The van der Waals surface area contributed by atoms with Crippen molar-refractivity contribution in [2.24, 2.45) is 0 Å². The van der Waals surface area contributed by atoms with Crippen molar-refractivity contribution < 1.29 is 19.1 Å². The number of rotatable bonds is 5. The molecule has 1 saturated heterocycles. The minimum atomic E-state index is -0.992. The van der Waals surface area contributed by atoms with Crippen molar-refractivity contribution in [3.8, 4) is 0 Å². The number of amides is 1. The number of carbonyl (C=O) groups excluding carboxylic acids is 2. The number of carbonyl (C=O) groups is 2. The van der Waals surface area contributed by atoms with Crippen molar-refractivity contribution in [1.29, 1.82) is 0 Å². The fourth-order valence-electron chi connectivity index (χ4n) is 3.83. The Morgan fingerprint density at radius 2 is 1.77 bits per heavy atom. The number of ether oxygens (including phenoxy) is 2. The van der Waals surface area contributed by atoms with Gasteiger partial charge in [0.1, 0.15) is 6.54 Å². The molecular weight excluding hydrogens is 390 g/mol. The van der Waals surface area contributed by atoms with Crippen LogP contribution in [0.15, 0.2) is 33.9 Å². The number of aromatic nitrogens is 2. The molecule has 3 rings (SSSR count). The highest BCUT2D eigenvalue weighted by Crippen LogP contribution is 2.13. The first kappa shape index (κ1) is 21.8. The summed E-state index contributed by atoms with van der Waals surface area (Å²) in [5.74, 6) is -1.03. The Kier molecular flexibility index (Phi) is 6.40. The monoisotopic (exact) mass is 417 g/mol. The van der Waals surface area contributed by atoms with E-state index in [4.69, 9.17) is 9.47 Å². The van der Waals surface area contributed by atoms with Crippen LogP contribution in [0.1, 0.15) is 27.7 Å². The molecule has 1 amide bonds. The van der Waals surface area contributed by atoms with Crippen LogP contribution in [-0.4, -0.2) is 57.3 Å². The Balaban J connectivity index is 1.80. The standard InChI is InChI=1S/C21H27N3O6/c1-5-23-20(27)16-8-6-7-9-17(16)24(21(23)28)12-18(25)30-15(4)19(26)22-10-13(2)29-14(3)11-22/h6-9,13-15H,5,10-12H2,1-4H3. The summed E-state index contributed by atoms with van der Waals surface area (Å²) in [6.45, 7) is 7.60. The summed E-state index contributed by atoms with van der Waals surface area (Å²) >= 11 is 0. The van der Waals surface area contributed by atoms with E-state index in [1.165, 1.54) is 11.5 Å². The molecular formula is C21H27N3O6. The quantitative estimate of drug-likeness (QED) is 0.666. The van der Waals surface area contributed by atoms with Gasteiger partial charge >= 0.3 is 11.7 Å². The maximum absolute atomic E-state index is 12.7. The summed E-state index contributed by atoms with van der Waals surface area (Å²) in [6, 6.07) is 6.60. The highest BCUT2D eigenvalue weighted by molar-refractivity contribution is 5.84. The number of benzene rings is 1. The van der Waals surface area contributed by atoms with Gasteiger partial charge in [-0.25, -0.2) is 4.79 Å². The van der Waals surface area contributed by atoms with Gasteiger partial charge in [-0.2, -0.15) is 0 Å². The summed E-state index contributed by atoms with van der Waals surface area (Å²) in [5.41, 5.74) is -0.640. The molecule has 0 bridgehead atoms. The summed E-state index contributed by atoms with van der Waals surface area (Å²) in [4.78, 5) is 52.1. The molecule has 2 heterocycles. The third-order valence-electron chi connectivity index (χ3n) is 5.12. The predicted octanol–water partition coefficient (Wildman–Crippen LogP) is 0.751. The lowest BCUT2D eigenvalue weighted by Crippen LogP contribution is -2.51. The zero-order valence-electron chi connectivity index (χ0n) is 17.7. The molecule has 0 saturated carbocycles. The van der Waals surface area contributed by atoms with Gasteiger partial charge in [0, 0.05) is 19.6 Å². The molecule has 0 radical (unpaired) electrons. The number of hydrogen-bond donors (Lipinski definition) is 0. The Morgan fingerprint density at radius 3 is 2.40 bits per heavy atom. The summed E-state index contributed by atoms with van der Waals surface area (Å²) in [5, 5.41) is 0.340. The number of fused-ring (bicyclic) bond motifs is 1. The van der Waals surface area contributed by atoms with Gasteiger partial charge in [-0.05, 0) is 39.8 Å². The van der Waals surface area contributed by atoms with Gasteiger partial charge in [-0.3, -0.25) is 23.5 Å². The lowest BCUT2D eigenvalue weighted by Gasteiger charge is -2.36. The average molecular weight is 417 g/mol. The summed E-state index contributed by atoms with van der Waals surface area (Å²) < 4.78 is 13.2. The lowest BCUT2D eigenvalue weighted by atomic mass is 10.2. The molecule has 0 N–H and O–H groups in total. The first-order valence-corrected chi connectivity index (χ1v) is 10.1. The highest BCUT2D eigenvalue weighted by Gasteiger charge is 2.30. The van der Waals surface area contributed by atoms with Crippen molar-refractivity contribution in [2.75, 3.05) is 13.1 Å². The largest absolute Gasteiger partial charge is 0.451 e. The number of hydrogen-bond acceptors (Lipinski definition) is 6. The molecule has 1 aromatic carbocycles. The minimum absolute atomic E-state index is 0.0966. The average Bonchev–Trinajstić information content (AvgIpc) is 2.70. The Hall–Kier alpha value is -2.94. The fourth-order valence-corrected chi connectivity index (χ4v) is 3.83. The van der Waals surface area contributed by atoms with Crippen LogP contribution >= 0.6 is 0 Å². The van der Waals surface area contributed by atoms with Gasteiger partial charge in [-0.15, -0.1) is 0 Å². The molecule has 3 unspecified atom stereocenters. The molecule has 9 heteroatoms. The summed E-state index contributed by atoms with van der Waals surface area (Å²) in [6.07, 6.45) is -1.18. The van der Waals surface area contributed by atoms with Crippen molar-refractivity contribution in [1.82, 2.24) is 14.0 Å². The molecule has 1 aliphatic rings. The van der Waals surface area contributed by atoms with Gasteiger partial charge in [0.05, 0.1) is 23.1 Å². The fraction of sp³-hybridized carbons (Fsp3) is 0.524. The number of nitrogens with zero attached hydrogens (tertiary/aromatic N) is 3. The Labute approximate surface area is 173 Å². The summed E-state index contributed by atoms with van der Waals surface area (Å²) in [7, 11) is 0. The van der Waals surface area contributed by atoms with Gasteiger partial charge < -0.3 is 14.4 Å². The van der Waals surface area contributed by atoms with E-state index in [0.717, 1.165) is 4.57 Å². The van der Waals surface area contributed by atoms with E-state index < -0.39 is 29.9 Å². The van der Waals surface area contributed by atoms with Gasteiger partial charge in [0.2, 0.25) is 0 Å². The normalized spacial score (nSPS) is 20.2. The molecule has 1 aliphatic heterocycles. The van der Waals surface area contributed by atoms with Crippen LogP contribution in [0.25, 0.3) is 10.9 Å². The van der Waals surface area contributed by atoms with Gasteiger partial charge in [0.25, 0.3) is 11.5 Å². The zero-order valence-corrected chi connectivity index (χ0v) is 17.7. The SMILES string of the molecule is CCn1c(=O)c2ccccc2n(CC(=O)OC(C)C(=O)N2CC(C)OC(C)C2)c1=O. The first-order valence-electron chi connectivity index (χ1n) is 10.1. The molecule has 1 fully saturated rings. The van der Waals surface area contributed by atoms with Crippen LogP contribution in [0.3, 0.4) is 0 Å². The first-order chi connectivity index (χ1) is 14.2. The van der Waals surface area contributed by atoms with Crippen LogP contribution < -0.4 is 11.2 Å². The topological polar surface area (TPSA) is 99.8 Å². The van der Waals surface area contributed by atoms with E-state index >= 15 is 0 Å². The van der Waals surface area contributed by atoms with Crippen molar-refractivity contribution >= 4 is 22.8 Å². The molecule has 30 heavy (non-hydrogen) atoms. The van der Waals surface area contributed by atoms with E-state index in [2.05, 4.69) is 0 Å². The molecule has 0 spiro atoms. The van der Waals surface area contributed by atoms with E-state index in [-0.39, 0.29) is 24.7 Å². The third-order valence-corrected chi connectivity index (χ3v) is 5.12. The zero-order chi connectivity index (χ0) is 22.0. The smallest absolute Gasteiger partial charge is 0.332 e. The second kappa shape index (κ2) is 8.83. The van der Waals surface area contributed by atoms with E-state index in [1.54, 1.807) is 36.1 Å². The van der Waals surface area contributed by atoms with E-state index in [1.807, 2.05) is 13.8 Å². The maximum Gasteiger partial charge on any atom is 0.332 e. The van der Waals surface area contributed by atoms with Crippen molar-refractivity contribution in [3.05, 3.63) is 45.1 Å². The number of morpholine rings is 1. The lowest BCUT2D eigenvalue weighted by molar-refractivity contribution is -0.164. The predicted molar refractivity (Wildman–Crippen MR) is 110 cm³/mol. The molecule has 162 valence electrons. The number of para-hydroxylation sites is 1. The molecule has 2 aromatic rings. The molecule has 9 nitrogen and oxygen atoms in total. The third kappa shape index (κ3) is 4.30. The van der Waals surface area contributed by atoms with Crippen LogP contribution in [-0.2, 0) is 32.2 Å². The maximum atomic E-state index is 12.7. The second-order valence-electron chi connectivity index (χ2n) is 7.57. The van der Waals surface area contributed by atoms with Crippen molar-refractivity contribution in [3.63, 3.8) is 0 Å². The van der Waals surface area contributed by atoms with Gasteiger partial charge in [-0.1, -0.05) is 12.1 Å². The van der Waals surface area contributed by atoms with Crippen molar-refractivity contribution in [2.45, 2.75) is 59.1 Å². The van der Waals surface area contributed by atoms with Crippen LogP contribution in [0.5, 0.6) is 0 Å². The van der Waals surface area contributed by atoms with Crippen LogP contribution in [0, 0.1) is 0 Å².